The standard InChI is InChI=1S/C9H5NO14S4.C8H20N.Fe/c10-2-3-1-4(8(11)27(19,20)21)5(9(12)28(22,23)24)7(26(16,17)18)6(3)25(13,14)15;1-5-9(6-2,7-3)8-4;/h1H,(H,13,14,15)(H,16,17,18)(H,19,20,21)(H,22,23,24);5-8H2,1-4H3;/q;+1;+3/p-4. The van der Waals surface area contributed by atoms with Gasteiger partial charge in [-0.25, -0.2) is 33.7 Å². The minimum absolute atomic E-state index is 0. The van der Waals surface area contributed by atoms with Gasteiger partial charge in [0.1, 0.15) is 26.3 Å². The molecule has 1 radical (unpaired) electrons. The Morgan fingerprint density at radius 3 is 1.29 bits per heavy atom. The summed E-state index contributed by atoms with van der Waals surface area (Å²) in [6.07, 6.45) is 0. The first-order valence-corrected chi connectivity index (χ1v) is 15.5. The SMILES string of the molecule is CC[N+](CC)(CC)CC.N#Cc1cc(C(=O)S(=O)(=O)[O-])c(C(=O)S(=O)(=O)[O-])c(S(=O)(=O)[O-])c1S(=O)(=O)[O-].[Fe+3]. The van der Waals surface area contributed by atoms with Crippen molar-refractivity contribution in [3.05, 3.63) is 22.8 Å². The second-order valence-electron chi connectivity index (χ2n) is 7.11. The Balaban J connectivity index is 0. The summed E-state index contributed by atoms with van der Waals surface area (Å²) < 4.78 is 135. The van der Waals surface area contributed by atoms with Crippen LogP contribution >= 0.6 is 0 Å². The van der Waals surface area contributed by atoms with Crippen LogP contribution in [-0.4, -0.2) is 92.8 Å². The zero-order valence-corrected chi connectivity index (χ0v) is 24.4. The van der Waals surface area contributed by atoms with E-state index in [0.717, 1.165) is 6.07 Å². The van der Waals surface area contributed by atoms with E-state index < -0.39 is 77.2 Å². The van der Waals surface area contributed by atoms with E-state index in [1.807, 2.05) is 0 Å². The van der Waals surface area contributed by atoms with Gasteiger partial charge in [0.05, 0.1) is 47.1 Å². The number of carbonyl (C=O) groups is 2. The fourth-order valence-electron chi connectivity index (χ4n) is 3.17. The number of benzene rings is 1. The average Bonchev–Trinajstić information content (AvgIpc) is 2.76. The zero-order valence-electron chi connectivity index (χ0n) is 20.0. The molecule has 0 saturated heterocycles. The van der Waals surface area contributed by atoms with Crippen molar-refractivity contribution in [2.24, 2.45) is 0 Å². The van der Waals surface area contributed by atoms with Crippen molar-refractivity contribution in [2.45, 2.75) is 37.5 Å². The number of quaternary nitrogens is 1. The molecular weight excluding hydrogens is 640 g/mol. The molecule has 0 saturated carbocycles. The van der Waals surface area contributed by atoms with Crippen molar-refractivity contribution < 1.29 is 83.0 Å². The first kappa shape index (κ1) is 38.3. The van der Waals surface area contributed by atoms with Crippen LogP contribution in [0.1, 0.15) is 54.0 Å². The molecule has 0 bridgehead atoms. The quantitative estimate of drug-likeness (QED) is 0.176. The minimum Gasteiger partial charge on any atom is -0.744 e. The molecule has 1 aromatic carbocycles. The topological polar surface area (TPSA) is 287 Å². The Hall–Kier alpha value is -1.83. The molecule has 0 aromatic heterocycles. The van der Waals surface area contributed by atoms with E-state index in [2.05, 4.69) is 27.7 Å². The van der Waals surface area contributed by atoms with Crippen LogP contribution in [0.25, 0.3) is 0 Å². The molecule has 0 amide bonds. The summed E-state index contributed by atoms with van der Waals surface area (Å²) in [6, 6.07) is 0.486. The van der Waals surface area contributed by atoms with Crippen LogP contribution in [0, 0.1) is 11.3 Å². The summed E-state index contributed by atoms with van der Waals surface area (Å²) in [6.45, 7) is 14.2. The molecule has 0 aliphatic rings. The van der Waals surface area contributed by atoms with Gasteiger partial charge in [-0.15, -0.1) is 0 Å². The Morgan fingerprint density at radius 1 is 0.737 bits per heavy atom. The number of rotatable bonds is 8. The van der Waals surface area contributed by atoms with Crippen LogP contribution in [-0.2, 0) is 57.5 Å². The molecule has 38 heavy (non-hydrogen) atoms. The van der Waals surface area contributed by atoms with Crippen LogP contribution < -0.4 is 0 Å². The molecule has 0 heterocycles. The number of nitrogens with zero attached hydrogens (tertiary/aromatic N) is 2. The zero-order chi connectivity index (χ0) is 29.8. The van der Waals surface area contributed by atoms with Crippen molar-refractivity contribution in [2.75, 3.05) is 26.2 Å². The normalized spacial score (nSPS) is 12.4. The van der Waals surface area contributed by atoms with E-state index in [9.17, 15) is 61.5 Å². The molecule has 1 rings (SSSR count). The summed E-state index contributed by atoms with van der Waals surface area (Å²) in [7, 11) is -25.1. The summed E-state index contributed by atoms with van der Waals surface area (Å²) >= 11 is 0. The molecule has 0 aliphatic carbocycles. The maximum Gasteiger partial charge on any atom is 3.00 e. The van der Waals surface area contributed by atoms with Crippen LogP contribution in [0.15, 0.2) is 15.9 Å². The summed E-state index contributed by atoms with van der Waals surface area (Å²) in [4.78, 5) is 18.4. The van der Waals surface area contributed by atoms with E-state index in [1.165, 1.54) is 30.7 Å². The fraction of sp³-hybridized carbons (Fsp3) is 0.471. The van der Waals surface area contributed by atoms with Crippen molar-refractivity contribution >= 4 is 50.7 Å². The smallest absolute Gasteiger partial charge is 0.744 e. The third kappa shape index (κ3) is 9.13. The third-order valence-corrected chi connectivity index (χ3v) is 8.71. The van der Waals surface area contributed by atoms with Crippen molar-refractivity contribution in [3.8, 4) is 6.07 Å². The van der Waals surface area contributed by atoms with Crippen molar-refractivity contribution in [1.82, 2.24) is 0 Å². The third-order valence-electron chi connectivity index (χ3n) is 5.42. The molecule has 0 unspecified atom stereocenters. The summed E-state index contributed by atoms with van der Waals surface area (Å²) in [5.74, 6) is 0. The number of hydrogen-bond acceptors (Lipinski definition) is 15. The molecule has 0 N–H and O–H groups in total. The first-order chi connectivity index (χ1) is 16.5. The Kier molecular flexibility index (Phi) is 13.6. The number of carbonyl (C=O) groups excluding carboxylic acids is 2. The summed E-state index contributed by atoms with van der Waals surface area (Å²) in [5.41, 5.74) is -6.25. The van der Waals surface area contributed by atoms with Crippen molar-refractivity contribution in [3.63, 3.8) is 0 Å². The predicted molar refractivity (Wildman–Crippen MR) is 118 cm³/mol. The largest absolute Gasteiger partial charge is 3.00 e. The van der Waals surface area contributed by atoms with E-state index in [-0.39, 0.29) is 23.1 Å². The van der Waals surface area contributed by atoms with Gasteiger partial charge in [-0.05, 0) is 33.8 Å². The van der Waals surface area contributed by atoms with Gasteiger partial charge in [0.2, 0.25) is 0 Å². The van der Waals surface area contributed by atoms with Gasteiger partial charge in [0.25, 0.3) is 10.2 Å². The van der Waals surface area contributed by atoms with Gasteiger partial charge < -0.3 is 22.7 Å². The van der Waals surface area contributed by atoms with E-state index in [0.29, 0.717) is 0 Å². The molecule has 21 heteroatoms. The second-order valence-corrected chi connectivity index (χ2v) is 12.3. The molecule has 0 fully saturated rings. The Bertz CT molecular complexity index is 1540. The summed E-state index contributed by atoms with van der Waals surface area (Å²) in [5, 5.41) is 3.00. The van der Waals surface area contributed by atoms with E-state index in [1.54, 1.807) is 0 Å². The fourth-order valence-corrected chi connectivity index (χ4v) is 6.24. The Labute approximate surface area is 230 Å². The molecule has 0 atom stereocenters. The minimum atomic E-state index is -6.44. The van der Waals surface area contributed by atoms with Crippen LogP contribution in [0.2, 0.25) is 0 Å². The van der Waals surface area contributed by atoms with Gasteiger partial charge in [-0.3, -0.25) is 9.59 Å². The predicted octanol–water partition coefficient (Wildman–Crippen LogP) is -1.38. The first-order valence-electron chi connectivity index (χ1n) is 9.87. The van der Waals surface area contributed by atoms with Crippen LogP contribution in [0.5, 0.6) is 0 Å². The molecule has 16 nitrogen and oxygen atoms in total. The number of nitriles is 1. The second kappa shape index (κ2) is 13.5. The Morgan fingerprint density at radius 2 is 1.08 bits per heavy atom. The molecule has 0 aliphatic heterocycles. The van der Waals surface area contributed by atoms with Gasteiger partial charge in [-0.1, -0.05) is 0 Å². The van der Waals surface area contributed by atoms with Gasteiger partial charge in [-0.2, -0.15) is 5.26 Å². The van der Waals surface area contributed by atoms with Gasteiger partial charge in [0.15, 0.2) is 20.2 Å². The van der Waals surface area contributed by atoms with E-state index in [4.69, 9.17) is 5.26 Å². The molecular formula is C17H21FeN2O14S4. The maximum absolute atomic E-state index is 11.7. The molecule has 1 aromatic rings. The monoisotopic (exact) mass is 661 g/mol. The molecule has 0 spiro atoms. The van der Waals surface area contributed by atoms with Gasteiger partial charge in [0, 0.05) is 5.56 Å². The molecule has 215 valence electrons. The average molecular weight is 661 g/mol. The van der Waals surface area contributed by atoms with Crippen LogP contribution in [0.4, 0.5) is 0 Å². The van der Waals surface area contributed by atoms with Crippen LogP contribution in [0.3, 0.4) is 0 Å². The maximum atomic E-state index is 11.7. The van der Waals surface area contributed by atoms with Crippen molar-refractivity contribution in [1.29, 1.82) is 5.26 Å². The number of hydrogen-bond donors (Lipinski definition) is 0. The van der Waals surface area contributed by atoms with E-state index >= 15 is 0 Å². The van der Waals surface area contributed by atoms with Gasteiger partial charge >= 0.3 is 17.1 Å².